The van der Waals surface area contributed by atoms with Crippen molar-refractivity contribution in [3.05, 3.63) is 59.9 Å². The highest BCUT2D eigenvalue weighted by molar-refractivity contribution is 5.96. The van der Waals surface area contributed by atoms with E-state index in [1.807, 2.05) is 28.9 Å². The van der Waals surface area contributed by atoms with Gasteiger partial charge in [-0.1, -0.05) is 37.3 Å². The zero-order valence-corrected chi connectivity index (χ0v) is 17.8. The lowest BCUT2D eigenvalue weighted by Crippen LogP contribution is -2.34. The molecule has 4 rings (SSSR count). The molecule has 3 heterocycles. The summed E-state index contributed by atoms with van der Waals surface area (Å²) in [5.74, 6) is 0.809. The summed E-state index contributed by atoms with van der Waals surface area (Å²) in [6.07, 6.45) is 8.18. The summed E-state index contributed by atoms with van der Waals surface area (Å²) < 4.78 is 1.87. The van der Waals surface area contributed by atoms with Gasteiger partial charge < -0.3 is 10.2 Å². The van der Waals surface area contributed by atoms with Crippen LogP contribution in [0.1, 0.15) is 48.5 Å². The molecule has 1 aliphatic heterocycles. The molecular formula is C24H31N5O. The molecule has 3 aromatic rings. The van der Waals surface area contributed by atoms with Gasteiger partial charge >= 0.3 is 0 Å². The van der Waals surface area contributed by atoms with Gasteiger partial charge in [0.15, 0.2) is 5.65 Å². The molecular weight excluding hydrogens is 374 g/mol. The van der Waals surface area contributed by atoms with Gasteiger partial charge in [0.1, 0.15) is 0 Å². The van der Waals surface area contributed by atoms with Crippen molar-refractivity contribution in [2.24, 2.45) is 5.92 Å². The molecule has 30 heavy (non-hydrogen) atoms. The zero-order valence-electron chi connectivity index (χ0n) is 17.8. The van der Waals surface area contributed by atoms with Crippen LogP contribution in [0.2, 0.25) is 0 Å². The van der Waals surface area contributed by atoms with Gasteiger partial charge in [0, 0.05) is 18.1 Å². The summed E-state index contributed by atoms with van der Waals surface area (Å²) in [6, 6.07) is 12.1. The number of aromatic nitrogens is 3. The van der Waals surface area contributed by atoms with Crippen molar-refractivity contribution >= 4 is 16.9 Å². The first-order valence-electron chi connectivity index (χ1n) is 11.0. The first-order valence-corrected chi connectivity index (χ1v) is 11.0. The molecule has 0 radical (unpaired) electrons. The second-order valence-corrected chi connectivity index (χ2v) is 8.41. The Morgan fingerprint density at radius 3 is 2.73 bits per heavy atom. The maximum atomic E-state index is 12.5. The number of benzene rings is 1. The van der Waals surface area contributed by atoms with Crippen LogP contribution in [0.3, 0.4) is 0 Å². The smallest absolute Gasteiger partial charge is 0.252 e. The van der Waals surface area contributed by atoms with Crippen molar-refractivity contribution in [1.82, 2.24) is 25.0 Å². The van der Waals surface area contributed by atoms with Crippen molar-refractivity contribution < 1.29 is 4.79 Å². The molecule has 1 aromatic carbocycles. The lowest BCUT2D eigenvalue weighted by atomic mass is 9.99. The molecule has 1 aliphatic rings. The largest absolute Gasteiger partial charge is 0.352 e. The second-order valence-electron chi connectivity index (χ2n) is 8.41. The first kappa shape index (κ1) is 20.5. The highest BCUT2D eigenvalue weighted by Crippen LogP contribution is 2.16. The average molecular weight is 406 g/mol. The number of piperidine rings is 1. The lowest BCUT2D eigenvalue weighted by Gasteiger charge is -2.30. The average Bonchev–Trinajstić information content (AvgIpc) is 3.17. The van der Waals surface area contributed by atoms with Gasteiger partial charge in [-0.25, -0.2) is 9.67 Å². The molecule has 0 unspecified atom stereocenters. The van der Waals surface area contributed by atoms with Gasteiger partial charge in [-0.05, 0) is 62.9 Å². The Bertz CT molecular complexity index is 960. The van der Waals surface area contributed by atoms with Gasteiger partial charge in [0.2, 0.25) is 0 Å². The minimum Gasteiger partial charge on any atom is -0.352 e. The van der Waals surface area contributed by atoms with Gasteiger partial charge in [0.05, 0.1) is 18.3 Å². The van der Waals surface area contributed by atoms with E-state index in [0.29, 0.717) is 18.7 Å². The van der Waals surface area contributed by atoms with E-state index in [2.05, 4.69) is 39.4 Å². The fourth-order valence-corrected chi connectivity index (χ4v) is 4.02. The second kappa shape index (κ2) is 9.85. The number of hydrogen-bond donors (Lipinski definition) is 1. The molecule has 6 nitrogen and oxygen atoms in total. The standard InChI is InChI=1S/C24H31N5O/c1-19-9-13-28(14-10-19)12-6-5-11-25-24(30)22-15-21-17-27-29(23(21)26-16-22)18-20-7-3-2-4-8-20/h2-4,7-8,15-17,19H,5-6,9-14,18H2,1H3,(H,25,30). The predicted molar refractivity (Wildman–Crippen MR) is 119 cm³/mol. The van der Waals surface area contributed by atoms with Gasteiger partial charge in [-0.15, -0.1) is 0 Å². The number of carbonyl (C=O) groups is 1. The number of nitrogens with zero attached hydrogens (tertiary/aromatic N) is 4. The number of rotatable bonds is 8. The van der Waals surface area contributed by atoms with E-state index in [1.54, 1.807) is 12.4 Å². The van der Waals surface area contributed by atoms with Crippen molar-refractivity contribution in [3.8, 4) is 0 Å². The number of carbonyl (C=O) groups excluding carboxylic acids is 1. The van der Waals surface area contributed by atoms with Crippen LogP contribution in [0.5, 0.6) is 0 Å². The summed E-state index contributed by atoms with van der Waals surface area (Å²) in [6.45, 7) is 7.28. The first-order chi connectivity index (χ1) is 14.7. The zero-order chi connectivity index (χ0) is 20.8. The molecule has 0 saturated carbocycles. The lowest BCUT2D eigenvalue weighted by molar-refractivity contribution is 0.0952. The molecule has 0 atom stereocenters. The van der Waals surface area contributed by atoms with E-state index in [0.717, 1.165) is 36.3 Å². The highest BCUT2D eigenvalue weighted by atomic mass is 16.1. The van der Waals surface area contributed by atoms with Gasteiger partial charge in [0.25, 0.3) is 5.91 Å². The number of likely N-dealkylation sites (tertiary alicyclic amines) is 1. The van der Waals surface area contributed by atoms with E-state index in [1.165, 1.54) is 31.5 Å². The molecule has 1 N–H and O–H groups in total. The van der Waals surface area contributed by atoms with E-state index in [4.69, 9.17) is 0 Å². The molecule has 6 heteroatoms. The number of pyridine rings is 1. The third-order valence-electron chi connectivity index (χ3n) is 5.98. The van der Waals surface area contributed by atoms with E-state index < -0.39 is 0 Å². The normalized spacial score (nSPS) is 15.5. The number of nitrogens with one attached hydrogen (secondary N) is 1. The Morgan fingerprint density at radius 2 is 1.93 bits per heavy atom. The SMILES string of the molecule is CC1CCN(CCCCNC(=O)c2cnc3c(cnn3Cc3ccccc3)c2)CC1. The number of amides is 1. The Hall–Kier alpha value is -2.73. The third-order valence-corrected chi connectivity index (χ3v) is 5.98. The molecule has 1 amide bonds. The molecule has 0 aliphatic carbocycles. The summed E-state index contributed by atoms with van der Waals surface area (Å²) in [5.41, 5.74) is 2.56. The van der Waals surface area contributed by atoms with Crippen molar-refractivity contribution in [3.63, 3.8) is 0 Å². The maximum absolute atomic E-state index is 12.5. The molecule has 1 fully saturated rings. The summed E-state index contributed by atoms with van der Waals surface area (Å²) in [7, 11) is 0. The Morgan fingerprint density at radius 1 is 1.13 bits per heavy atom. The molecule has 2 aromatic heterocycles. The van der Waals surface area contributed by atoms with E-state index >= 15 is 0 Å². The van der Waals surface area contributed by atoms with Crippen LogP contribution in [0.15, 0.2) is 48.8 Å². The number of fused-ring (bicyclic) bond motifs is 1. The van der Waals surface area contributed by atoms with Crippen LogP contribution in [-0.4, -0.2) is 51.8 Å². The highest BCUT2D eigenvalue weighted by Gasteiger charge is 2.15. The summed E-state index contributed by atoms with van der Waals surface area (Å²) in [4.78, 5) is 19.5. The molecule has 1 saturated heterocycles. The monoisotopic (exact) mass is 405 g/mol. The maximum Gasteiger partial charge on any atom is 0.252 e. The molecule has 158 valence electrons. The van der Waals surface area contributed by atoms with E-state index in [-0.39, 0.29) is 5.91 Å². The van der Waals surface area contributed by atoms with E-state index in [9.17, 15) is 4.79 Å². The van der Waals surface area contributed by atoms with Gasteiger partial charge in [-0.2, -0.15) is 5.10 Å². The number of unbranched alkanes of at least 4 members (excludes halogenated alkanes) is 1. The molecule has 0 bridgehead atoms. The Labute approximate surface area is 178 Å². The van der Waals surface area contributed by atoms with Crippen LogP contribution in [-0.2, 0) is 6.54 Å². The van der Waals surface area contributed by atoms with Gasteiger partial charge in [-0.3, -0.25) is 4.79 Å². The van der Waals surface area contributed by atoms with Crippen molar-refractivity contribution in [1.29, 1.82) is 0 Å². The van der Waals surface area contributed by atoms with Crippen LogP contribution < -0.4 is 5.32 Å². The minimum absolute atomic E-state index is 0.0630. The fourth-order valence-electron chi connectivity index (χ4n) is 4.02. The fraction of sp³-hybridized carbons (Fsp3) is 0.458. The topological polar surface area (TPSA) is 63.1 Å². The van der Waals surface area contributed by atoms with Crippen LogP contribution in [0.4, 0.5) is 0 Å². The molecule has 0 spiro atoms. The van der Waals surface area contributed by atoms with Crippen LogP contribution >= 0.6 is 0 Å². The van der Waals surface area contributed by atoms with Crippen LogP contribution in [0.25, 0.3) is 11.0 Å². The number of hydrogen-bond acceptors (Lipinski definition) is 4. The quantitative estimate of drug-likeness (QED) is 0.580. The van der Waals surface area contributed by atoms with Crippen molar-refractivity contribution in [2.45, 2.75) is 39.2 Å². The van der Waals surface area contributed by atoms with Crippen LogP contribution in [0, 0.1) is 5.92 Å². The predicted octanol–water partition coefficient (Wildman–Crippen LogP) is 3.72. The summed E-state index contributed by atoms with van der Waals surface area (Å²) in [5, 5.41) is 8.36. The summed E-state index contributed by atoms with van der Waals surface area (Å²) >= 11 is 0. The Kier molecular flexibility index (Phi) is 6.74. The van der Waals surface area contributed by atoms with Crippen molar-refractivity contribution in [2.75, 3.05) is 26.2 Å². The third kappa shape index (κ3) is 5.25. The minimum atomic E-state index is -0.0630. The Balaban J connectivity index is 1.25.